The van der Waals surface area contributed by atoms with Crippen LogP contribution in [0.4, 0.5) is 5.69 Å². The van der Waals surface area contributed by atoms with Crippen LogP contribution in [-0.4, -0.2) is 17.3 Å². The Kier molecular flexibility index (Phi) is 5.21. The fourth-order valence-corrected chi connectivity index (χ4v) is 3.86. The Hall–Kier alpha value is -3.05. The van der Waals surface area contributed by atoms with Crippen LogP contribution in [0.15, 0.2) is 90.2 Å². The average Bonchev–Trinajstić information content (AvgIpc) is 3.22. The van der Waals surface area contributed by atoms with Crippen LogP contribution in [0.3, 0.4) is 0 Å². The second kappa shape index (κ2) is 8.10. The quantitative estimate of drug-likeness (QED) is 0.619. The van der Waals surface area contributed by atoms with E-state index < -0.39 is 0 Å². The number of carbonyl (C=O) groups is 1. The molecule has 1 unspecified atom stereocenters. The molecule has 0 amide bonds. The van der Waals surface area contributed by atoms with Crippen molar-refractivity contribution < 1.29 is 4.79 Å². The Morgan fingerprint density at radius 1 is 1.04 bits per heavy atom. The monoisotopic (exact) mass is 373 g/mol. The number of aromatic nitrogens is 1. The molecular weight excluding hydrogens is 354 g/mol. The molecule has 0 fully saturated rings. The molecule has 1 atom stereocenters. The number of carbonyl (C=O) groups excluding carboxylic acids is 1. The lowest BCUT2D eigenvalue weighted by atomic mass is 10.0. The molecular formula is C22H19N3OS. The fraction of sp³-hybridized carbons (Fsp3) is 0.0909. The molecule has 1 aromatic heterocycles. The van der Waals surface area contributed by atoms with Gasteiger partial charge in [-0.05, 0) is 23.6 Å². The van der Waals surface area contributed by atoms with Crippen LogP contribution in [0, 0.1) is 0 Å². The number of nitrogens with one attached hydrogen (secondary N) is 2. The molecule has 0 bridgehead atoms. The third-order valence-electron chi connectivity index (χ3n) is 4.29. The van der Waals surface area contributed by atoms with E-state index in [4.69, 9.17) is 0 Å². The van der Waals surface area contributed by atoms with E-state index in [2.05, 4.69) is 27.1 Å². The van der Waals surface area contributed by atoms with Crippen LogP contribution >= 0.6 is 11.8 Å². The van der Waals surface area contributed by atoms with E-state index in [0.29, 0.717) is 17.7 Å². The molecule has 0 saturated heterocycles. The van der Waals surface area contributed by atoms with Crippen LogP contribution < -0.4 is 10.6 Å². The van der Waals surface area contributed by atoms with Gasteiger partial charge in [-0.3, -0.25) is 9.78 Å². The smallest absolute Gasteiger partial charge is 0.193 e. The third kappa shape index (κ3) is 4.20. The Labute approximate surface area is 162 Å². The van der Waals surface area contributed by atoms with Crippen molar-refractivity contribution in [2.75, 3.05) is 11.9 Å². The highest BCUT2D eigenvalue weighted by Crippen LogP contribution is 2.33. The minimum atomic E-state index is 0.0321. The summed E-state index contributed by atoms with van der Waals surface area (Å²) >= 11 is 1.74. The van der Waals surface area contributed by atoms with Crippen molar-refractivity contribution in [2.45, 2.75) is 5.37 Å². The van der Waals surface area contributed by atoms with Crippen LogP contribution in [-0.2, 0) is 0 Å². The molecule has 0 saturated carbocycles. The Balaban J connectivity index is 1.38. The van der Waals surface area contributed by atoms with E-state index >= 15 is 0 Å². The normalized spacial score (nSPS) is 15.7. The number of ketones is 1. The maximum absolute atomic E-state index is 12.6. The maximum Gasteiger partial charge on any atom is 0.193 e. The third-order valence-corrected chi connectivity index (χ3v) is 5.38. The Morgan fingerprint density at radius 3 is 2.70 bits per heavy atom. The first-order chi connectivity index (χ1) is 13.3. The van der Waals surface area contributed by atoms with Crippen LogP contribution in [0.1, 0.15) is 26.9 Å². The first kappa shape index (κ1) is 17.4. The number of anilines is 1. The van der Waals surface area contributed by atoms with Gasteiger partial charge in [0, 0.05) is 40.5 Å². The number of hydrogen-bond donors (Lipinski definition) is 2. The summed E-state index contributed by atoms with van der Waals surface area (Å²) in [6, 6.07) is 21.0. The summed E-state index contributed by atoms with van der Waals surface area (Å²) in [5.74, 6) is 0.0321. The van der Waals surface area contributed by atoms with Gasteiger partial charge in [-0.25, -0.2) is 0 Å². The van der Waals surface area contributed by atoms with Crippen LogP contribution in [0.2, 0.25) is 0 Å². The largest absolute Gasteiger partial charge is 0.379 e. The first-order valence-corrected chi connectivity index (χ1v) is 9.68. The summed E-state index contributed by atoms with van der Waals surface area (Å²) in [6.07, 6.45) is 3.66. The van der Waals surface area contributed by atoms with E-state index in [1.807, 2.05) is 66.9 Å². The van der Waals surface area contributed by atoms with Crippen molar-refractivity contribution in [3.8, 4) is 0 Å². The summed E-state index contributed by atoms with van der Waals surface area (Å²) in [4.78, 5) is 16.8. The highest BCUT2D eigenvalue weighted by atomic mass is 32.2. The van der Waals surface area contributed by atoms with Crippen molar-refractivity contribution in [2.24, 2.45) is 0 Å². The first-order valence-electron chi connectivity index (χ1n) is 8.74. The van der Waals surface area contributed by atoms with Gasteiger partial charge in [0.25, 0.3) is 0 Å². The van der Waals surface area contributed by atoms with Gasteiger partial charge < -0.3 is 10.6 Å². The van der Waals surface area contributed by atoms with Crippen LogP contribution in [0.5, 0.6) is 0 Å². The number of benzene rings is 2. The van der Waals surface area contributed by atoms with E-state index in [1.165, 1.54) is 0 Å². The van der Waals surface area contributed by atoms with Gasteiger partial charge in [0.15, 0.2) is 5.78 Å². The van der Waals surface area contributed by atoms with Gasteiger partial charge in [0.2, 0.25) is 0 Å². The molecule has 0 aliphatic carbocycles. The zero-order chi connectivity index (χ0) is 18.5. The second-order valence-electron chi connectivity index (χ2n) is 6.22. The topological polar surface area (TPSA) is 54.0 Å². The molecule has 4 rings (SSSR count). The Bertz CT molecular complexity index is 958. The SMILES string of the molecule is O=C(c1ccccc1)c1cccc(NCC2=CSC(c3cccnc3)N2)c1. The number of thioether (sulfide) groups is 1. The number of rotatable bonds is 6. The maximum atomic E-state index is 12.6. The van der Waals surface area contributed by atoms with Gasteiger partial charge in [0.05, 0.1) is 6.54 Å². The van der Waals surface area contributed by atoms with Gasteiger partial charge in [-0.15, -0.1) is 11.8 Å². The molecule has 2 N–H and O–H groups in total. The summed E-state index contributed by atoms with van der Waals surface area (Å²) in [5.41, 5.74) is 4.58. The fourth-order valence-electron chi connectivity index (χ4n) is 2.90. The van der Waals surface area contributed by atoms with Gasteiger partial charge in [-0.1, -0.05) is 48.5 Å². The van der Waals surface area contributed by atoms with E-state index in [9.17, 15) is 4.79 Å². The second-order valence-corrected chi connectivity index (χ2v) is 7.20. The zero-order valence-corrected chi connectivity index (χ0v) is 15.4. The van der Waals surface area contributed by atoms with Crippen molar-refractivity contribution in [3.63, 3.8) is 0 Å². The van der Waals surface area contributed by atoms with Crippen LogP contribution in [0.25, 0.3) is 0 Å². The molecule has 1 aliphatic rings. The predicted octanol–water partition coefficient (Wildman–Crippen LogP) is 4.60. The molecule has 0 spiro atoms. The lowest BCUT2D eigenvalue weighted by Crippen LogP contribution is -2.19. The molecule has 1 aliphatic heterocycles. The molecule has 5 heteroatoms. The van der Waals surface area contributed by atoms with Crippen molar-refractivity contribution in [1.82, 2.24) is 10.3 Å². The number of pyridine rings is 1. The highest BCUT2D eigenvalue weighted by molar-refractivity contribution is 8.02. The molecule has 0 radical (unpaired) electrons. The highest BCUT2D eigenvalue weighted by Gasteiger charge is 2.18. The standard InChI is InChI=1S/C22H19N3OS/c26-21(16-6-2-1-3-7-16)17-8-4-10-19(12-17)24-14-20-15-27-22(25-20)18-9-5-11-23-13-18/h1-13,15,22,24-25H,14H2. The Morgan fingerprint density at radius 2 is 1.89 bits per heavy atom. The summed E-state index contributed by atoms with van der Waals surface area (Å²) in [5, 5.41) is 9.21. The average molecular weight is 373 g/mol. The van der Waals surface area contributed by atoms with Crippen molar-refractivity contribution in [3.05, 3.63) is 107 Å². The molecule has 2 heterocycles. The molecule has 134 valence electrons. The lowest BCUT2D eigenvalue weighted by Gasteiger charge is -2.14. The molecule has 4 nitrogen and oxygen atoms in total. The molecule has 27 heavy (non-hydrogen) atoms. The lowest BCUT2D eigenvalue weighted by molar-refractivity contribution is 0.103. The van der Waals surface area contributed by atoms with E-state index in [0.717, 1.165) is 16.9 Å². The van der Waals surface area contributed by atoms with Crippen molar-refractivity contribution in [1.29, 1.82) is 0 Å². The van der Waals surface area contributed by atoms with Gasteiger partial charge >= 0.3 is 0 Å². The zero-order valence-electron chi connectivity index (χ0n) is 14.6. The number of hydrogen-bond acceptors (Lipinski definition) is 5. The molecule has 2 aromatic carbocycles. The summed E-state index contributed by atoms with van der Waals surface area (Å²) in [6.45, 7) is 0.673. The van der Waals surface area contributed by atoms with Gasteiger partial charge in [0.1, 0.15) is 5.37 Å². The van der Waals surface area contributed by atoms with Crippen molar-refractivity contribution >= 4 is 23.2 Å². The van der Waals surface area contributed by atoms with E-state index in [1.54, 1.807) is 18.0 Å². The number of nitrogens with zero attached hydrogens (tertiary/aromatic N) is 1. The summed E-state index contributed by atoms with van der Waals surface area (Å²) in [7, 11) is 0. The summed E-state index contributed by atoms with van der Waals surface area (Å²) < 4.78 is 0. The minimum Gasteiger partial charge on any atom is -0.379 e. The molecule has 3 aromatic rings. The minimum absolute atomic E-state index is 0.0321. The predicted molar refractivity (Wildman–Crippen MR) is 111 cm³/mol. The van der Waals surface area contributed by atoms with E-state index in [-0.39, 0.29) is 11.2 Å². The van der Waals surface area contributed by atoms with Gasteiger partial charge in [-0.2, -0.15) is 0 Å².